The Labute approximate surface area is 89.3 Å². The van der Waals surface area contributed by atoms with Crippen LogP contribution < -0.4 is 0 Å². The first kappa shape index (κ1) is 10.5. The third-order valence-electron chi connectivity index (χ3n) is 2.15. The molecule has 0 unspecified atom stereocenters. The summed E-state index contributed by atoms with van der Waals surface area (Å²) >= 11 is 0. The molecule has 2 aromatic rings. The molecule has 1 N–H and O–H groups in total. The molecule has 3 nitrogen and oxygen atoms in total. The third-order valence-corrected chi connectivity index (χ3v) is 2.15. The molecule has 0 bridgehead atoms. The summed E-state index contributed by atoms with van der Waals surface area (Å²) in [5.74, 6) is -3.17. The molecule has 1 aromatic heterocycles. The zero-order chi connectivity index (χ0) is 11.7. The van der Waals surface area contributed by atoms with E-state index in [-0.39, 0.29) is 6.42 Å². The van der Waals surface area contributed by atoms with Gasteiger partial charge in [-0.3, -0.25) is 4.79 Å². The highest BCUT2D eigenvalue weighted by atomic mass is 19.2. The Bertz CT molecular complexity index is 569. The molecule has 5 heteroatoms. The standard InChI is InChI=1S/C11H7F2NO2/c12-8-5-7-3-6(4-10(15)16)1-2-9(7)14-11(8)13/h1-3,5H,4H2,(H,15,16). The summed E-state index contributed by atoms with van der Waals surface area (Å²) in [5, 5.41) is 8.97. The van der Waals surface area contributed by atoms with Crippen LogP contribution in [0.3, 0.4) is 0 Å². The number of hydrogen-bond acceptors (Lipinski definition) is 2. The molecule has 16 heavy (non-hydrogen) atoms. The van der Waals surface area contributed by atoms with E-state index in [0.29, 0.717) is 16.5 Å². The summed E-state index contributed by atoms with van der Waals surface area (Å²) < 4.78 is 25.7. The van der Waals surface area contributed by atoms with Crippen molar-refractivity contribution in [3.05, 3.63) is 41.6 Å². The lowest BCUT2D eigenvalue weighted by Gasteiger charge is -2.01. The van der Waals surface area contributed by atoms with Gasteiger partial charge in [0.05, 0.1) is 11.9 Å². The number of pyridine rings is 1. The van der Waals surface area contributed by atoms with E-state index in [4.69, 9.17) is 5.11 Å². The van der Waals surface area contributed by atoms with Gasteiger partial charge in [-0.25, -0.2) is 9.37 Å². The molecule has 0 saturated carbocycles. The molecule has 0 radical (unpaired) electrons. The first-order valence-corrected chi connectivity index (χ1v) is 4.53. The Morgan fingerprint density at radius 2 is 2.06 bits per heavy atom. The molecule has 0 amide bonds. The van der Waals surface area contributed by atoms with Crippen LogP contribution in [-0.4, -0.2) is 16.1 Å². The summed E-state index contributed by atoms with van der Waals surface area (Å²) in [6.07, 6.45) is -0.158. The summed E-state index contributed by atoms with van der Waals surface area (Å²) in [6, 6.07) is 5.49. The number of carboxylic acid groups (broad SMARTS) is 1. The monoisotopic (exact) mass is 223 g/mol. The molecular weight excluding hydrogens is 216 g/mol. The quantitative estimate of drug-likeness (QED) is 0.793. The van der Waals surface area contributed by atoms with E-state index in [1.807, 2.05) is 0 Å². The minimum absolute atomic E-state index is 0.158. The van der Waals surface area contributed by atoms with Crippen LogP contribution in [0.2, 0.25) is 0 Å². The van der Waals surface area contributed by atoms with Crippen molar-refractivity contribution in [1.82, 2.24) is 4.98 Å². The second-order valence-electron chi connectivity index (χ2n) is 3.36. The molecule has 0 aliphatic rings. The lowest BCUT2D eigenvalue weighted by molar-refractivity contribution is -0.136. The second-order valence-corrected chi connectivity index (χ2v) is 3.36. The van der Waals surface area contributed by atoms with Gasteiger partial charge in [0.2, 0.25) is 5.95 Å². The molecular formula is C11H7F2NO2. The molecule has 0 atom stereocenters. The number of benzene rings is 1. The minimum atomic E-state index is -1.15. The van der Waals surface area contributed by atoms with Crippen LogP contribution in [0.1, 0.15) is 5.56 Å². The van der Waals surface area contributed by atoms with E-state index in [9.17, 15) is 13.6 Å². The average Bonchev–Trinajstić information content (AvgIpc) is 2.19. The smallest absolute Gasteiger partial charge is 0.307 e. The van der Waals surface area contributed by atoms with Crippen molar-refractivity contribution in [1.29, 1.82) is 0 Å². The van der Waals surface area contributed by atoms with Crippen LogP contribution in [0, 0.1) is 11.8 Å². The van der Waals surface area contributed by atoms with Crippen molar-refractivity contribution in [3.8, 4) is 0 Å². The first-order valence-electron chi connectivity index (χ1n) is 4.53. The highest BCUT2D eigenvalue weighted by Crippen LogP contribution is 2.17. The van der Waals surface area contributed by atoms with Gasteiger partial charge in [-0.2, -0.15) is 4.39 Å². The molecule has 0 fully saturated rings. The van der Waals surface area contributed by atoms with Gasteiger partial charge >= 0.3 is 5.97 Å². The van der Waals surface area contributed by atoms with Crippen LogP contribution in [0.25, 0.3) is 10.9 Å². The third kappa shape index (κ3) is 1.98. The Morgan fingerprint density at radius 3 is 2.75 bits per heavy atom. The number of carbonyl (C=O) groups is 1. The van der Waals surface area contributed by atoms with Crippen LogP contribution in [0.5, 0.6) is 0 Å². The van der Waals surface area contributed by atoms with Crippen molar-refractivity contribution in [3.63, 3.8) is 0 Å². The average molecular weight is 223 g/mol. The van der Waals surface area contributed by atoms with Gasteiger partial charge in [-0.05, 0) is 23.8 Å². The number of hydrogen-bond donors (Lipinski definition) is 1. The van der Waals surface area contributed by atoms with Crippen molar-refractivity contribution in [2.24, 2.45) is 0 Å². The summed E-state index contributed by atoms with van der Waals surface area (Å²) in [4.78, 5) is 13.9. The molecule has 2 rings (SSSR count). The van der Waals surface area contributed by atoms with Crippen molar-refractivity contribution in [2.45, 2.75) is 6.42 Å². The Hall–Kier alpha value is -2.04. The Morgan fingerprint density at radius 1 is 1.31 bits per heavy atom. The topological polar surface area (TPSA) is 50.2 Å². The summed E-state index contributed by atoms with van der Waals surface area (Å²) in [6.45, 7) is 0. The van der Waals surface area contributed by atoms with E-state index in [2.05, 4.69) is 4.98 Å². The molecule has 1 aromatic carbocycles. The Balaban J connectivity index is 2.53. The van der Waals surface area contributed by atoms with Gasteiger partial charge in [0, 0.05) is 5.39 Å². The first-order chi connectivity index (χ1) is 7.56. The fraction of sp³-hybridized carbons (Fsp3) is 0.0909. The van der Waals surface area contributed by atoms with E-state index >= 15 is 0 Å². The number of fused-ring (bicyclic) bond motifs is 1. The number of aliphatic carboxylic acids is 1. The maximum absolute atomic E-state index is 12.9. The lowest BCUT2D eigenvalue weighted by Crippen LogP contribution is -2.00. The van der Waals surface area contributed by atoms with Gasteiger partial charge in [-0.15, -0.1) is 0 Å². The van der Waals surface area contributed by atoms with Crippen molar-refractivity contribution >= 4 is 16.9 Å². The van der Waals surface area contributed by atoms with Crippen LogP contribution in [0.15, 0.2) is 24.3 Å². The number of halogens is 2. The van der Waals surface area contributed by atoms with Crippen LogP contribution >= 0.6 is 0 Å². The maximum atomic E-state index is 12.9. The van der Waals surface area contributed by atoms with Gasteiger partial charge in [0.25, 0.3) is 0 Å². The largest absolute Gasteiger partial charge is 0.481 e. The van der Waals surface area contributed by atoms with Crippen molar-refractivity contribution < 1.29 is 18.7 Å². The number of carboxylic acids is 1. The van der Waals surface area contributed by atoms with Gasteiger partial charge in [-0.1, -0.05) is 6.07 Å². The van der Waals surface area contributed by atoms with E-state index < -0.39 is 17.7 Å². The maximum Gasteiger partial charge on any atom is 0.307 e. The second kappa shape index (κ2) is 3.84. The zero-order valence-corrected chi connectivity index (χ0v) is 8.08. The minimum Gasteiger partial charge on any atom is -0.481 e. The fourth-order valence-electron chi connectivity index (χ4n) is 1.46. The highest BCUT2D eigenvalue weighted by Gasteiger charge is 2.07. The van der Waals surface area contributed by atoms with Gasteiger partial charge < -0.3 is 5.11 Å². The summed E-state index contributed by atoms with van der Waals surface area (Å²) in [5.41, 5.74) is 0.820. The van der Waals surface area contributed by atoms with Gasteiger partial charge in [0.15, 0.2) is 5.82 Å². The molecule has 0 saturated heterocycles. The number of rotatable bonds is 2. The van der Waals surface area contributed by atoms with Crippen LogP contribution in [0.4, 0.5) is 8.78 Å². The van der Waals surface area contributed by atoms with E-state index in [1.54, 1.807) is 0 Å². The molecule has 1 heterocycles. The predicted molar refractivity (Wildman–Crippen MR) is 53.0 cm³/mol. The van der Waals surface area contributed by atoms with Crippen LogP contribution in [-0.2, 0) is 11.2 Å². The van der Waals surface area contributed by atoms with Gasteiger partial charge in [0.1, 0.15) is 0 Å². The molecule has 0 spiro atoms. The molecule has 0 aliphatic heterocycles. The Kier molecular flexibility index (Phi) is 2.52. The SMILES string of the molecule is O=C(O)Cc1ccc2nc(F)c(F)cc2c1. The summed E-state index contributed by atoms with van der Waals surface area (Å²) in [7, 11) is 0. The molecule has 82 valence electrons. The van der Waals surface area contributed by atoms with E-state index in [1.165, 1.54) is 18.2 Å². The lowest BCUT2D eigenvalue weighted by atomic mass is 10.1. The normalized spacial score (nSPS) is 10.6. The predicted octanol–water partition coefficient (Wildman–Crippen LogP) is 2.14. The zero-order valence-electron chi connectivity index (χ0n) is 8.08. The highest BCUT2D eigenvalue weighted by molar-refractivity contribution is 5.81. The fourth-order valence-corrected chi connectivity index (χ4v) is 1.46. The number of nitrogens with zero attached hydrogens (tertiary/aromatic N) is 1. The number of aromatic nitrogens is 1. The molecule has 0 aliphatic carbocycles. The van der Waals surface area contributed by atoms with E-state index in [0.717, 1.165) is 6.07 Å². The van der Waals surface area contributed by atoms with Crippen molar-refractivity contribution in [2.75, 3.05) is 0 Å².